The van der Waals surface area contributed by atoms with E-state index in [0.717, 1.165) is 12.1 Å². The topological polar surface area (TPSA) is 26.0 Å². The molecular weight excluding hydrogens is 194 g/mol. The van der Waals surface area contributed by atoms with Gasteiger partial charge >= 0.3 is 0 Å². The molecule has 1 nitrogen and oxygen atoms in total. The molecule has 0 aliphatic heterocycles. The summed E-state index contributed by atoms with van der Waals surface area (Å²) >= 11 is 0. The lowest BCUT2D eigenvalue weighted by atomic mass is 10.1. The number of nitrogens with two attached hydrogens (primary N) is 1. The highest BCUT2D eigenvalue weighted by atomic mass is 14.5. The molecule has 2 aromatic rings. The first-order valence-corrected chi connectivity index (χ1v) is 5.41. The molecule has 2 aromatic carbocycles. The number of rotatable bonds is 3. The second-order valence-corrected chi connectivity index (χ2v) is 3.72. The minimum absolute atomic E-state index is 0.861. The Hall–Kier alpha value is -2.02. The van der Waals surface area contributed by atoms with Gasteiger partial charge in [0.05, 0.1) is 0 Å². The second kappa shape index (κ2) is 5.17. The molecule has 0 atom stereocenters. The van der Waals surface area contributed by atoms with E-state index < -0.39 is 0 Å². The Bertz CT molecular complexity index is 472. The van der Waals surface area contributed by atoms with Crippen LogP contribution in [0.4, 0.5) is 5.69 Å². The Labute approximate surface area is 96.2 Å². The van der Waals surface area contributed by atoms with Crippen LogP contribution >= 0.6 is 0 Å². The maximum atomic E-state index is 5.87. The van der Waals surface area contributed by atoms with E-state index in [1.54, 1.807) is 0 Å². The van der Waals surface area contributed by atoms with E-state index in [1.807, 2.05) is 36.4 Å². The molecule has 0 unspecified atom stereocenters. The average Bonchev–Trinajstić information content (AvgIpc) is 2.33. The van der Waals surface area contributed by atoms with Crippen molar-refractivity contribution < 1.29 is 0 Å². The summed E-state index contributed by atoms with van der Waals surface area (Å²) in [5.74, 6) is 0. The van der Waals surface area contributed by atoms with Crippen molar-refractivity contribution >= 4 is 11.8 Å². The lowest BCUT2D eigenvalue weighted by molar-refractivity contribution is 1.28. The largest absolute Gasteiger partial charge is 0.398 e. The van der Waals surface area contributed by atoms with Crippen LogP contribution < -0.4 is 5.73 Å². The molecule has 80 valence electrons. The number of benzene rings is 2. The molecule has 2 N–H and O–H groups in total. The van der Waals surface area contributed by atoms with E-state index in [0.29, 0.717) is 0 Å². The normalized spacial score (nSPS) is 10.8. The SMILES string of the molecule is Nc1ccccc1CC=Cc1ccccc1. The summed E-state index contributed by atoms with van der Waals surface area (Å²) in [7, 11) is 0. The van der Waals surface area contributed by atoms with Crippen LogP contribution in [-0.2, 0) is 6.42 Å². The molecule has 16 heavy (non-hydrogen) atoms. The third-order valence-corrected chi connectivity index (χ3v) is 2.50. The molecule has 0 aliphatic rings. The van der Waals surface area contributed by atoms with Crippen LogP contribution in [0.25, 0.3) is 6.08 Å². The quantitative estimate of drug-likeness (QED) is 0.769. The van der Waals surface area contributed by atoms with Crippen molar-refractivity contribution in [2.75, 3.05) is 5.73 Å². The Balaban J connectivity index is 2.03. The molecule has 1 heteroatoms. The van der Waals surface area contributed by atoms with Crippen LogP contribution in [-0.4, -0.2) is 0 Å². The monoisotopic (exact) mass is 209 g/mol. The number of para-hydroxylation sites is 1. The van der Waals surface area contributed by atoms with Crippen molar-refractivity contribution in [1.82, 2.24) is 0 Å². The van der Waals surface area contributed by atoms with Gasteiger partial charge in [-0.25, -0.2) is 0 Å². The lowest BCUT2D eigenvalue weighted by Gasteiger charge is -2.00. The first-order valence-electron chi connectivity index (χ1n) is 5.41. The maximum absolute atomic E-state index is 5.87. The summed E-state index contributed by atoms with van der Waals surface area (Å²) in [5, 5.41) is 0. The Morgan fingerprint density at radius 1 is 0.875 bits per heavy atom. The van der Waals surface area contributed by atoms with E-state index in [4.69, 9.17) is 5.73 Å². The molecule has 0 saturated heterocycles. The molecule has 0 fully saturated rings. The van der Waals surface area contributed by atoms with Gasteiger partial charge < -0.3 is 5.73 Å². The summed E-state index contributed by atoms with van der Waals surface area (Å²) in [4.78, 5) is 0. The molecule has 0 saturated carbocycles. The van der Waals surface area contributed by atoms with Gasteiger partial charge in [-0.2, -0.15) is 0 Å². The zero-order valence-electron chi connectivity index (χ0n) is 9.14. The van der Waals surface area contributed by atoms with Gasteiger partial charge in [-0.1, -0.05) is 60.7 Å². The molecule has 2 rings (SSSR count). The number of nitrogen functional groups attached to an aromatic ring is 1. The van der Waals surface area contributed by atoms with E-state index in [2.05, 4.69) is 30.4 Å². The molecule has 0 bridgehead atoms. The number of hydrogen-bond acceptors (Lipinski definition) is 1. The smallest absolute Gasteiger partial charge is 0.0349 e. The van der Waals surface area contributed by atoms with Crippen LogP contribution in [0.2, 0.25) is 0 Å². The Kier molecular flexibility index (Phi) is 3.39. The van der Waals surface area contributed by atoms with Gasteiger partial charge in [0, 0.05) is 5.69 Å². The van der Waals surface area contributed by atoms with E-state index >= 15 is 0 Å². The molecule has 0 spiro atoms. The first kappa shape index (κ1) is 10.5. The summed E-state index contributed by atoms with van der Waals surface area (Å²) in [6, 6.07) is 18.2. The Morgan fingerprint density at radius 2 is 1.56 bits per heavy atom. The van der Waals surface area contributed by atoms with Crippen molar-refractivity contribution in [3.8, 4) is 0 Å². The van der Waals surface area contributed by atoms with Crippen molar-refractivity contribution in [3.63, 3.8) is 0 Å². The standard InChI is InChI=1S/C15H15N/c16-15-12-5-4-10-14(15)11-6-9-13-7-2-1-3-8-13/h1-10,12H,11,16H2. The number of anilines is 1. The third kappa shape index (κ3) is 2.74. The van der Waals surface area contributed by atoms with Crippen LogP contribution in [0, 0.1) is 0 Å². The lowest BCUT2D eigenvalue weighted by Crippen LogP contribution is -1.91. The minimum Gasteiger partial charge on any atom is -0.398 e. The molecule has 0 radical (unpaired) electrons. The van der Waals surface area contributed by atoms with Gasteiger partial charge in [0.2, 0.25) is 0 Å². The maximum Gasteiger partial charge on any atom is 0.0349 e. The zero-order valence-corrected chi connectivity index (χ0v) is 9.14. The molecule has 0 heterocycles. The molecule has 0 amide bonds. The summed E-state index contributed by atoms with van der Waals surface area (Å²) < 4.78 is 0. The van der Waals surface area contributed by atoms with Crippen LogP contribution in [0.1, 0.15) is 11.1 Å². The average molecular weight is 209 g/mol. The summed E-state index contributed by atoms with van der Waals surface area (Å²) in [5.41, 5.74) is 9.12. The van der Waals surface area contributed by atoms with Gasteiger partial charge in [-0.3, -0.25) is 0 Å². The minimum atomic E-state index is 0.861. The van der Waals surface area contributed by atoms with E-state index in [-0.39, 0.29) is 0 Å². The molecule has 0 aromatic heterocycles. The van der Waals surface area contributed by atoms with Gasteiger partial charge in [-0.15, -0.1) is 0 Å². The highest BCUT2D eigenvalue weighted by molar-refractivity contribution is 5.52. The van der Waals surface area contributed by atoms with Gasteiger partial charge in [0.15, 0.2) is 0 Å². The van der Waals surface area contributed by atoms with Gasteiger partial charge in [0.1, 0.15) is 0 Å². The van der Waals surface area contributed by atoms with Crippen molar-refractivity contribution in [1.29, 1.82) is 0 Å². The fourth-order valence-corrected chi connectivity index (χ4v) is 1.61. The van der Waals surface area contributed by atoms with Crippen molar-refractivity contribution in [3.05, 3.63) is 71.8 Å². The van der Waals surface area contributed by atoms with Gasteiger partial charge in [0.25, 0.3) is 0 Å². The fourth-order valence-electron chi connectivity index (χ4n) is 1.61. The van der Waals surface area contributed by atoms with Gasteiger partial charge in [-0.05, 0) is 23.6 Å². The molecule has 0 aliphatic carbocycles. The number of hydrogen-bond donors (Lipinski definition) is 1. The zero-order chi connectivity index (χ0) is 11.2. The summed E-state index contributed by atoms with van der Waals surface area (Å²) in [6.07, 6.45) is 5.13. The van der Waals surface area contributed by atoms with Crippen molar-refractivity contribution in [2.45, 2.75) is 6.42 Å². The molecular formula is C15H15N. The highest BCUT2D eigenvalue weighted by Crippen LogP contribution is 2.12. The Morgan fingerprint density at radius 3 is 2.31 bits per heavy atom. The highest BCUT2D eigenvalue weighted by Gasteiger charge is 1.93. The predicted octanol–water partition coefficient (Wildman–Crippen LogP) is 3.52. The van der Waals surface area contributed by atoms with E-state index in [9.17, 15) is 0 Å². The summed E-state index contributed by atoms with van der Waals surface area (Å²) in [6.45, 7) is 0. The third-order valence-electron chi connectivity index (χ3n) is 2.50. The fraction of sp³-hybridized carbons (Fsp3) is 0.0667. The van der Waals surface area contributed by atoms with Crippen LogP contribution in [0.3, 0.4) is 0 Å². The second-order valence-electron chi connectivity index (χ2n) is 3.72. The van der Waals surface area contributed by atoms with Crippen LogP contribution in [0.5, 0.6) is 0 Å². The number of allylic oxidation sites excluding steroid dienone is 1. The predicted molar refractivity (Wildman–Crippen MR) is 70.0 cm³/mol. The van der Waals surface area contributed by atoms with Crippen molar-refractivity contribution in [2.24, 2.45) is 0 Å². The van der Waals surface area contributed by atoms with E-state index in [1.165, 1.54) is 11.1 Å². The van der Waals surface area contributed by atoms with Crippen LogP contribution in [0.15, 0.2) is 60.7 Å². The first-order chi connectivity index (χ1) is 7.86.